The highest BCUT2D eigenvalue weighted by Crippen LogP contribution is 2.23. The number of hydrogen-bond donors (Lipinski definition) is 2. The minimum Gasteiger partial charge on any atom is -0.354 e. The molecule has 1 saturated carbocycles. The molecule has 1 aromatic rings. The van der Waals surface area contributed by atoms with Gasteiger partial charge < -0.3 is 15.5 Å². The monoisotopic (exact) mass is 357 g/mol. The molecule has 0 spiro atoms. The first-order valence-electron chi connectivity index (χ1n) is 9.61. The molecule has 0 aromatic heterocycles. The first-order valence-corrected chi connectivity index (χ1v) is 9.61. The van der Waals surface area contributed by atoms with Gasteiger partial charge in [0.25, 0.3) is 5.91 Å². The van der Waals surface area contributed by atoms with Crippen molar-refractivity contribution in [2.24, 2.45) is 5.92 Å². The predicted molar refractivity (Wildman–Crippen MR) is 99.9 cm³/mol. The average molecular weight is 357 g/mol. The number of nitrogens with zero attached hydrogens (tertiary/aromatic N) is 1. The number of anilines is 1. The Labute approximate surface area is 154 Å². The Kier molecular flexibility index (Phi) is 6.26. The maximum Gasteiger partial charge on any atom is 0.251 e. The standard InChI is InChI=1S/C20H27N3O3/c24-18-7-4-14-23(18)17-10-8-16(9-11-17)20(26)22-13-12-21-19(25)15-5-2-1-3-6-15/h8-11,15H,1-7,12-14H2,(H,21,25)(H,22,26). The SMILES string of the molecule is O=C(NCCNC(=O)C1CCCCC1)c1ccc(N2CCCC2=O)cc1. The molecule has 3 rings (SSSR count). The fourth-order valence-corrected chi connectivity index (χ4v) is 3.69. The Bertz CT molecular complexity index is 651. The van der Waals surface area contributed by atoms with E-state index in [0.29, 0.717) is 25.1 Å². The molecule has 0 unspecified atom stereocenters. The molecule has 1 aromatic carbocycles. The topological polar surface area (TPSA) is 78.5 Å². The van der Waals surface area contributed by atoms with Gasteiger partial charge in [0.15, 0.2) is 0 Å². The van der Waals surface area contributed by atoms with Gasteiger partial charge in [-0.25, -0.2) is 0 Å². The lowest BCUT2D eigenvalue weighted by Gasteiger charge is -2.20. The van der Waals surface area contributed by atoms with E-state index in [4.69, 9.17) is 0 Å². The van der Waals surface area contributed by atoms with Crippen LogP contribution in [-0.4, -0.2) is 37.4 Å². The van der Waals surface area contributed by atoms with Crippen LogP contribution in [0.15, 0.2) is 24.3 Å². The molecule has 3 amide bonds. The van der Waals surface area contributed by atoms with Crippen LogP contribution in [0.1, 0.15) is 55.3 Å². The molecule has 0 atom stereocenters. The number of benzene rings is 1. The van der Waals surface area contributed by atoms with Crippen molar-refractivity contribution in [1.29, 1.82) is 0 Å². The van der Waals surface area contributed by atoms with Crippen LogP contribution in [0.4, 0.5) is 5.69 Å². The van der Waals surface area contributed by atoms with E-state index in [-0.39, 0.29) is 23.6 Å². The molecule has 1 aliphatic heterocycles. The third-order valence-electron chi connectivity index (χ3n) is 5.20. The van der Waals surface area contributed by atoms with Crippen molar-refractivity contribution >= 4 is 23.4 Å². The molecule has 1 aliphatic carbocycles. The quantitative estimate of drug-likeness (QED) is 0.767. The zero-order valence-corrected chi connectivity index (χ0v) is 15.1. The van der Waals surface area contributed by atoms with Crippen LogP contribution in [0, 0.1) is 5.92 Å². The van der Waals surface area contributed by atoms with Crippen molar-refractivity contribution < 1.29 is 14.4 Å². The summed E-state index contributed by atoms with van der Waals surface area (Å²) >= 11 is 0. The molecule has 2 aliphatic rings. The summed E-state index contributed by atoms with van der Waals surface area (Å²) in [4.78, 5) is 37.7. The number of hydrogen-bond acceptors (Lipinski definition) is 3. The van der Waals surface area contributed by atoms with Gasteiger partial charge in [-0.05, 0) is 43.5 Å². The largest absolute Gasteiger partial charge is 0.354 e. The molecule has 0 bridgehead atoms. The van der Waals surface area contributed by atoms with Crippen LogP contribution >= 0.6 is 0 Å². The van der Waals surface area contributed by atoms with Crippen molar-refractivity contribution in [3.8, 4) is 0 Å². The van der Waals surface area contributed by atoms with E-state index in [1.807, 2.05) is 12.1 Å². The number of amides is 3. The minimum absolute atomic E-state index is 0.110. The van der Waals surface area contributed by atoms with Gasteiger partial charge in [0.1, 0.15) is 0 Å². The van der Waals surface area contributed by atoms with E-state index >= 15 is 0 Å². The van der Waals surface area contributed by atoms with Gasteiger partial charge in [0, 0.05) is 43.2 Å². The molecule has 0 radical (unpaired) electrons. The molecular formula is C20H27N3O3. The third-order valence-corrected chi connectivity index (χ3v) is 5.20. The van der Waals surface area contributed by atoms with Gasteiger partial charge in [-0.1, -0.05) is 19.3 Å². The predicted octanol–water partition coefficient (Wildman–Crippen LogP) is 2.24. The normalized spacial score (nSPS) is 18.0. The Morgan fingerprint density at radius 3 is 2.31 bits per heavy atom. The van der Waals surface area contributed by atoms with E-state index in [0.717, 1.165) is 44.3 Å². The van der Waals surface area contributed by atoms with E-state index in [9.17, 15) is 14.4 Å². The molecule has 6 heteroatoms. The van der Waals surface area contributed by atoms with Gasteiger partial charge in [0.05, 0.1) is 0 Å². The Balaban J connectivity index is 1.40. The molecule has 26 heavy (non-hydrogen) atoms. The lowest BCUT2D eigenvalue weighted by Crippen LogP contribution is -2.38. The van der Waals surface area contributed by atoms with Gasteiger partial charge in [-0.3, -0.25) is 14.4 Å². The number of rotatable bonds is 6. The maximum atomic E-state index is 12.2. The Morgan fingerprint density at radius 1 is 0.962 bits per heavy atom. The number of nitrogens with one attached hydrogen (secondary N) is 2. The summed E-state index contributed by atoms with van der Waals surface area (Å²) in [6.45, 7) is 1.59. The molecule has 1 saturated heterocycles. The fraction of sp³-hybridized carbons (Fsp3) is 0.550. The second-order valence-corrected chi connectivity index (χ2v) is 7.08. The highest BCUT2D eigenvalue weighted by Gasteiger charge is 2.22. The average Bonchev–Trinajstić information content (AvgIpc) is 3.11. The fourth-order valence-electron chi connectivity index (χ4n) is 3.69. The molecule has 2 fully saturated rings. The summed E-state index contributed by atoms with van der Waals surface area (Å²) in [5.41, 5.74) is 1.39. The second kappa shape index (κ2) is 8.83. The van der Waals surface area contributed by atoms with Gasteiger partial charge in [-0.2, -0.15) is 0 Å². The van der Waals surface area contributed by atoms with Crippen molar-refractivity contribution in [2.75, 3.05) is 24.5 Å². The molecular weight excluding hydrogens is 330 g/mol. The van der Waals surface area contributed by atoms with E-state index in [1.54, 1.807) is 17.0 Å². The first kappa shape index (κ1) is 18.4. The smallest absolute Gasteiger partial charge is 0.251 e. The van der Waals surface area contributed by atoms with Crippen LogP contribution < -0.4 is 15.5 Å². The summed E-state index contributed by atoms with van der Waals surface area (Å²) in [5, 5.41) is 5.73. The van der Waals surface area contributed by atoms with E-state index < -0.39 is 0 Å². The summed E-state index contributed by atoms with van der Waals surface area (Å²) in [6, 6.07) is 7.08. The third kappa shape index (κ3) is 4.62. The van der Waals surface area contributed by atoms with Crippen LogP contribution in [-0.2, 0) is 9.59 Å². The maximum absolute atomic E-state index is 12.2. The van der Waals surface area contributed by atoms with Crippen LogP contribution in [0.3, 0.4) is 0 Å². The number of carbonyl (C=O) groups excluding carboxylic acids is 3. The van der Waals surface area contributed by atoms with Crippen molar-refractivity contribution in [3.63, 3.8) is 0 Å². The van der Waals surface area contributed by atoms with Crippen molar-refractivity contribution in [3.05, 3.63) is 29.8 Å². The highest BCUT2D eigenvalue weighted by atomic mass is 16.2. The van der Waals surface area contributed by atoms with Crippen molar-refractivity contribution in [2.45, 2.75) is 44.9 Å². The van der Waals surface area contributed by atoms with Gasteiger partial charge in [-0.15, -0.1) is 0 Å². The molecule has 2 N–H and O–H groups in total. The zero-order chi connectivity index (χ0) is 18.4. The molecule has 140 valence electrons. The lowest BCUT2D eigenvalue weighted by molar-refractivity contribution is -0.125. The Morgan fingerprint density at radius 2 is 1.65 bits per heavy atom. The van der Waals surface area contributed by atoms with Crippen LogP contribution in [0.5, 0.6) is 0 Å². The van der Waals surface area contributed by atoms with E-state index in [1.165, 1.54) is 6.42 Å². The zero-order valence-electron chi connectivity index (χ0n) is 15.1. The molecule has 6 nitrogen and oxygen atoms in total. The Hall–Kier alpha value is -2.37. The van der Waals surface area contributed by atoms with Crippen molar-refractivity contribution in [1.82, 2.24) is 10.6 Å². The summed E-state index contributed by atoms with van der Waals surface area (Å²) in [5.74, 6) is 0.214. The van der Waals surface area contributed by atoms with Gasteiger partial charge in [0.2, 0.25) is 11.8 Å². The summed E-state index contributed by atoms with van der Waals surface area (Å²) in [7, 11) is 0. The minimum atomic E-state index is -0.170. The van der Waals surface area contributed by atoms with E-state index in [2.05, 4.69) is 10.6 Å². The molecule has 1 heterocycles. The summed E-state index contributed by atoms with van der Waals surface area (Å²) < 4.78 is 0. The van der Waals surface area contributed by atoms with Crippen LogP contribution in [0.2, 0.25) is 0 Å². The van der Waals surface area contributed by atoms with Crippen LogP contribution in [0.25, 0.3) is 0 Å². The highest BCUT2D eigenvalue weighted by molar-refractivity contribution is 5.97. The van der Waals surface area contributed by atoms with Gasteiger partial charge >= 0.3 is 0 Å². The number of carbonyl (C=O) groups is 3. The summed E-state index contributed by atoms with van der Waals surface area (Å²) in [6.07, 6.45) is 6.92. The first-order chi connectivity index (χ1) is 12.6. The lowest BCUT2D eigenvalue weighted by atomic mass is 9.89. The second-order valence-electron chi connectivity index (χ2n) is 7.08.